The van der Waals surface area contributed by atoms with E-state index in [1.807, 2.05) is 19.1 Å². The highest BCUT2D eigenvalue weighted by Crippen LogP contribution is 2.37. The van der Waals surface area contributed by atoms with Crippen LogP contribution >= 0.6 is 11.6 Å². The van der Waals surface area contributed by atoms with E-state index in [9.17, 15) is 9.90 Å². The zero-order valence-corrected chi connectivity index (χ0v) is 14.0. The lowest BCUT2D eigenvalue weighted by Crippen LogP contribution is -2.48. The number of carbonyl (C=O) groups excluding carboxylic acids is 1. The highest BCUT2D eigenvalue weighted by molar-refractivity contribution is 6.32. The van der Waals surface area contributed by atoms with Crippen molar-refractivity contribution in [3.63, 3.8) is 0 Å². The van der Waals surface area contributed by atoms with Gasteiger partial charge < -0.3 is 20.1 Å². The first-order chi connectivity index (χ1) is 10.3. The number of rotatable bonds is 4. The van der Waals surface area contributed by atoms with Gasteiger partial charge in [0.15, 0.2) is 0 Å². The Hall–Kier alpha value is -1.46. The van der Waals surface area contributed by atoms with Gasteiger partial charge in [-0.25, -0.2) is 4.79 Å². The van der Waals surface area contributed by atoms with E-state index < -0.39 is 5.60 Å². The van der Waals surface area contributed by atoms with Gasteiger partial charge in [-0.15, -0.1) is 0 Å². The number of halogens is 1. The van der Waals surface area contributed by atoms with E-state index in [0.29, 0.717) is 30.3 Å². The monoisotopic (exact) mass is 326 g/mol. The third-order valence-electron chi connectivity index (χ3n) is 3.57. The van der Waals surface area contributed by atoms with Crippen molar-refractivity contribution in [2.75, 3.05) is 19.7 Å². The van der Waals surface area contributed by atoms with Gasteiger partial charge in [0.25, 0.3) is 0 Å². The molecule has 6 heteroatoms. The zero-order chi connectivity index (χ0) is 16.3. The summed E-state index contributed by atoms with van der Waals surface area (Å²) in [5.74, 6) is 0.645. The van der Waals surface area contributed by atoms with Crippen molar-refractivity contribution in [3.8, 4) is 5.75 Å². The number of likely N-dealkylation sites (N-methyl/N-ethyl adjacent to an activating group) is 1. The number of nitrogens with zero attached hydrogens (tertiary/aromatic N) is 1. The minimum Gasteiger partial charge on any atom is -0.492 e. The quantitative estimate of drug-likeness (QED) is 0.894. The summed E-state index contributed by atoms with van der Waals surface area (Å²) < 4.78 is 5.60. The Morgan fingerprint density at radius 3 is 2.91 bits per heavy atom. The number of nitrogens with one attached hydrogen (secondary N) is 1. The summed E-state index contributed by atoms with van der Waals surface area (Å²) in [4.78, 5) is 14.0. The van der Waals surface area contributed by atoms with Crippen LogP contribution in [0, 0.1) is 0 Å². The summed E-state index contributed by atoms with van der Waals surface area (Å²) in [7, 11) is 0. The maximum atomic E-state index is 12.4. The van der Waals surface area contributed by atoms with Crippen LogP contribution < -0.4 is 10.1 Å². The molecule has 0 fully saturated rings. The number of amides is 2. The van der Waals surface area contributed by atoms with Gasteiger partial charge in [0.2, 0.25) is 0 Å². The summed E-state index contributed by atoms with van der Waals surface area (Å²) in [5.41, 5.74) is -0.0315. The van der Waals surface area contributed by atoms with Gasteiger partial charge in [-0.05, 0) is 26.8 Å². The van der Waals surface area contributed by atoms with Gasteiger partial charge in [0.05, 0.1) is 29.8 Å². The van der Waals surface area contributed by atoms with E-state index in [1.165, 1.54) is 0 Å². The lowest BCUT2D eigenvalue weighted by molar-refractivity contribution is 0.0473. The SMILES string of the molecule is CCN(CC(C)(C)O)C(=O)NC1CCOc2c(Cl)cccc21. The number of ether oxygens (including phenoxy) is 1. The van der Waals surface area contributed by atoms with Crippen LogP contribution in [0.15, 0.2) is 18.2 Å². The van der Waals surface area contributed by atoms with Gasteiger partial charge in [-0.2, -0.15) is 0 Å². The van der Waals surface area contributed by atoms with Gasteiger partial charge in [-0.1, -0.05) is 23.7 Å². The fourth-order valence-electron chi connectivity index (χ4n) is 2.57. The molecule has 0 aliphatic carbocycles. The molecule has 5 nitrogen and oxygen atoms in total. The highest BCUT2D eigenvalue weighted by atomic mass is 35.5. The van der Waals surface area contributed by atoms with Crippen LogP contribution in [-0.2, 0) is 0 Å². The second-order valence-electron chi connectivity index (χ2n) is 6.12. The van der Waals surface area contributed by atoms with Gasteiger partial charge >= 0.3 is 6.03 Å². The lowest BCUT2D eigenvalue weighted by Gasteiger charge is -2.32. The number of fused-ring (bicyclic) bond motifs is 1. The molecule has 0 spiro atoms. The molecule has 0 bridgehead atoms. The van der Waals surface area contributed by atoms with E-state index in [-0.39, 0.29) is 18.6 Å². The first-order valence-corrected chi connectivity index (χ1v) is 7.88. The van der Waals surface area contributed by atoms with Gasteiger partial charge in [0.1, 0.15) is 5.75 Å². The minimum absolute atomic E-state index is 0.134. The number of hydrogen-bond acceptors (Lipinski definition) is 3. The Kier molecular flexibility index (Phi) is 5.19. The van der Waals surface area contributed by atoms with E-state index >= 15 is 0 Å². The molecular weight excluding hydrogens is 304 g/mol. The molecule has 1 aromatic rings. The topological polar surface area (TPSA) is 61.8 Å². The molecule has 2 rings (SSSR count). The maximum Gasteiger partial charge on any atom is 0.317 e. The van der Waals surface area contributed by atoms with Crippen molar-refractivity contribution in [3.05, 3.63) is 28.8 Å². The predicted octanol–water partition coefficient (Wildman–Crippen LogP) is 2.97. The minimum atomic E-state index is -0.926. The molecule has 0 aromatic heterocycles. The van der Waals surface area contributed by atoms with E-state index in [1.54, 1.807) is 24.8 Å². The Balaban J connectivity index is 2.11. The predicted molar refractivity (Wildman–Crippen MR) is 86.4 cm³/mol. The van der Waals surface area contributed by atoms with E-state index in [4.69, 9.17) is 16.3 Å². The molecule has 1 aromatic carbocycles. The maximum absolute atomic E-state index is 12.4. The van der Waals surface area contributed by atoms with Crippen LogP contribution in [0.4, 0.5) is 4.79 Å². The largest absolute Gasteiger partial charge is 0.492 e. The molecule has 2 N–H and O–H groups in total. The molecule has 0 saturated carbocycles. The Morgan fingerprint density at radius 2 is 2.27 bits per heavy atom. The van der Waals surface area contributed by atoms with Crippen LogP contribution in [0.1, 0.15) is 38.8 Å². The summed E-state index contributed by atoms with van der Waals surface area (Å²) in [6.07, 6.45) is 0.694. The van der Waals surface area contributed by atoms with Gasteiger partial charge in [0, 0.05) is 18.5 Å². The third kappa shape index (κ3) is 4.05. The molecule has 0 saturated heterocycles. The molecule has 1 atom stereocenters. The lowest BCUT2D eigenvalue weighted by atomic mass is 10.0. The standard InChI is InChI=1S/C16H23ClN2O3/c1-4-19(10-16(2,3)21)15(20)18-13-8-9-22-14-11(13)6-5-7-12(14)17/h5-7,13,21H,4,8-10H2,1-3H3,(H,18,20). The van der Waals surface area contributed by atoms with Gasteiger partial charge in [-0.3, -0.25) is 0 Å². The normalized spacial score (nSPS) is 17.4. The molecular formula is C16H23ClN2O3. The number of carbonyl (C=O) groups is 1. The van der Waals surface area contributed by atoms with Crippen molar-refractivity contribution in [2.45, 2.75) is 38.8 Å². The third-order valence-corrected chi connectivity index (χ3v) is 3.87. The smallest absolute Gasteiger partial charge is 0.317 e. The molecule has 1 heterocycles. The second kappa shape index (κ2) is 6.75. The van der Waals surface area contributed by atoms with Crippen molar-refractivity contribution >= 4 is 17.6 Å². The molecule has 1 aliphatic heterocycles. The first kappa shape index (κ1) is 16.9. The Morgan fingerprint density at radius 1 is 1.55 bits per heavy atom. The molecule has 2 amide bonds. The highest BCUT2D eigenvalue weighted by Gasteiger charge is 2.27. The van der Waals surface area contributed by atoms with Crippen molar-refractivity contribution in [1.82, 2.24) is 10.2 Å². The summed E-state index contributed by atoms with van der Waals surface area (Å²) in [6, 6.07) is 5.21. The van der Waals surface area contributed by atoms with Crippen LogP contribution in [0.25, 0.3) is 0 Å². The molecule has 122 valence electrons. The summed E-state index contributed by atoms with van der Waals surface area (Å²) in [5, 5.41) is 13.5. The summed E-state index contributed by atoms with van der Waals surface area (Å²) in [6.45, 7) is 6.58. The molecule has 0 radical (unpaired) electrons. The Labute approximate surface area is 136 Å². The van der Waals surface area contributed by atoms with Crippen LogP contribution in [-0.4, -0.2) is 41.3 Å². The average Bonchev–Trinajstić information content (AvgIpc) is 2.45. The number of para-hydroxylation sites is 1. The van der Waals surface area contributed by atoms with Crippen molar-refractivity contribution < 1.29 is 14.6 Å². The first-order valence-electron chi connectivity index (χ1n) is 7.51. The Bertz CT molecular complexity index is 543. The van der Waals surface area contributed by atoms with Crippen LogP contribution in [0.3, 0.4) is 0 Å². The molecule has 22 heavy (non-hydrogen) atoms. The van der Waals surface area contributed by atoms with Crippen LogP contribution in [0.2, 0.25) is 5.02 Å². The summed E-state index contributed by atoms with van der Waals surface area (Å²) >= 11 is 6.14. The number of urea groups is 1. The number of hydrogen-bond donors (Lipinski definition) is 2. The molecule has 1 unspecified atom stereocenters. The fourth-order valence-corrected chi connectivity index (χ4v) is 2.81. The fraction of sp³-hybridized carbons (Fsp3) is 0.562. The van der Waals surface area contributed by atoms with E-state index in [2.05, 4.69) is 5.32 Å². The average molecular weight is 327 g/mol. The number of benzene rings is 1. The number of aliphatic hydroxyl groups is 1. The second-order valence-corrected chi connectivity index (χ2v) is 6.53. The van der Waals surface area contributed by atoms with Crippen LogP contribution in [0.5, 0.6) is 5.75 Å². The van der Waals surface area contributed by atoms with Crippen molar-refractivity contribution in [2.24, 2.45) is 0 Å². The zero-order valence-electron chi connectivity index (χ0n) is 13.2. The molecule has 1 aliphatic rings. The van der Waals surface area contributed by atoms with E-state index in [0.717, 1.165) is 5.56 Å². The van der Waals surface area contributed by atoms with Crippen molar-refractivity contribution in [1.29, 1.82) is 0 Å².